The molecular formula is C13H19N3O3. The molecule has 0 bridgehead atoms. The zero-order valence-electron chi connectivity index (χ0n) is 11.3. The number of hydrogen-bond acceptors (Lipinski definition) is 4. The van der Waals surface area contributed by atoms with Crippen molar-refractivity contribution in [2.75, 3.05) is 13.7 Å². The van der Waals surface area contributed by atoms with Gasteiger partial charge < -0.3 is 14.2 Å². The molecule has 2 rings (SSSR count). The number of likely N-dealkylation sites (tertiary alicyclic amines) is 1. The Labute approximate surface area is 112 Å². The molecule has 1 amide bonds. The average Bonchev–Trinajstić information content (AvgIpc) is 2.85. The Morgan fingerprint density at radius 1 is 1.47 bits per heavy atom. The molecule has 0 N–H and O–H groups in total. The number of carbonyl (C=O) groups is 2. The second-order valence-corrected chi connectivity index (χ2v) is 4.85. The molecule has 1 saturated heterocycles. The lowest BCUT2D eigenvalue weighted by Crippen LogP contribution is -2.45. The van der Waals surface area contributed by atoms with Crippen LogP contribution in [0.4, 0.5) is 0 Å². The molecule has 1 unspecified atom stereocenters. The SMILES string of the molecule is COC(=O)CC1CCCCN1C(=O)c1cn(C)cn1. The smallest absolute Gasteiger partial charge is 0.307 e. The first-order valence-corrected chi connectivity index (χ1v) is 6.47. The topological polar surface area (TPSA) is 64.4 Å². The summed E-state index contributed by atoms with van der Waals surface area (Å²) in [7, 11) is 3.20. The van der Waals surface area contributed by atoms with Crippen LogP contribution in [0.25, 0.3) is 0 Å². The van der Waals surface area contributed by atoms with Crippen LogP contribution in [0.15, 0.2) is 12.5 Å². The second kappa shape index (κ2) is 5.86. The molecule has 1 atom stereocenters. The summed E-state index contributed by atoms with van der Waals surface area (Å²) < 4.78 is 6.44. The van der Waals surface area contributed by atoms with Crippen LogP contribution in [0.3, 0.4) is 0 Å². The third-order valence-corrected chi connectivity index (χ3v) is 3.44. The molecule has 1 fully saturated rings. The van der Waals surface area contributed by atoms with Gasteiger partial charge in [0.2, 0.25) is 0 Å². The normalized spacial score (nSPS) is 19.3. The Morgan fingerprint density at radius 3 is 2.89 bits per heavy atom. The molecule has 104 valence electrons. The van der Waals surface area contributed by atoms with Crippen LogP contribution in [0.2, 0.25) is 0 Å². The van der Waals surface area contributed by atoms with Gasteiger partial charge >= 0.3 is 5.97 Å². The van der Waals surface area contributed by atoms with Crippen molar-refractivity contribution >= 4 is 11.9 Å². The van der Waals surface area contributed by atoms with E-state index >= 15 is 0 Å². The van der Waals surface area contributed by atoms with Crippen molar-refractivity contribution < 1.29 is 14.3 Å². The lowest BCUT2D eigenvalue weighted by Gasteiger charge is -2.34. The Morgan fingerprint density at radius 2 is 2.26 bits per heavy atom. The van der Waals surface area contributed by atoms with Crippen molar-refractivity contribution in [3.05, 3.63) is 18.2 Å². The molecule has 2 heterocycles. The Balaban J connectivity index is 2.10. The van der Waals surface area contributed by atoms with Gasteiger partial charge in [0, 0.05) is 25.8 Å². The Bertz CT molecular complexity index is 469. The van der Waals surface area contributed by atoms with Gasteiger partial charge in [-0.1, -0.05) is 0 Å². The fourth-order valence-corrected chi connectivity index (χ4v) is 2.43. The number of piperidine rings is 1. The number of aromatic nitrogens is 2. The van der Waals surface area contributed by atoms with E-state index in [1.807, 2.05) is 7.05 Å². The Hall–Kier alpha value is -1.85. The first kappa shape index (κ1) is 13.6. The predicted molar refractivity (Wildman–Crippen MR) is 68.5 cm³/mol. The maximum atomic E-state index is 12.4. The number of amides is 1. The van der Waals surface area contributed by atoms with Gasteiger partial charge in [-0.05, 0) is 19.3 Å². The number of carbonyl (C=O) groups excluding carboxylic acids is 2. The highest BCUT2D eigenvalue weighted by molar-refractivity contribution is 5.92. The largest absolute Gasteiger partial charge is 0.469 e. The number of hydrogen-bond donors (Lipinski definition) is 0. The first-order valence-electron chi connectivity index (χ1n) is 6.47. The Kier molecular flexibility index (Phi) is 4.19. The standard InChI is InChI=1S/C13H19N3O3/c1-15-8-11(14-9-15)13(18)16-6-4-3-5-10(16)7-12(17)19-2/h8-10H,3-7H2,1-2H3. The summed E-state index contributed by atoms with van der Waals surface area (Å²) in [5.41, 5.74) is 0.430. The first-order chi connectivity index (χ1) is 9.11. The summed E-state index contributed by atoms with van der Waals surface area (Å²) >= 11 is 0. The van der Waals surface area contributed by atoms with E-state index in [0.717, 1.165) is 19.3 Å². The average molecular weight is 265 g/mol. The van der Waals surface area contributed by atoms with E-state index < -0.39 is 0 Å². The van der Waals surface area contributed by atoms with Crippen LogP contribution in [-0.4, -0.2) is 46.0 Å². The molecule has 0 aromatic carbocycles. The van der Waals surface area contributed by atoms with Crippen LogP contribution in [0.5, 0.6) is 0 Å². The fourth-order valence-electron chi connectivity index (χ4n) is 2.43. The zero-order chi connectivity index (χ0) is 13.8. The number of imidazole rings is 1. The molecule has 19 heavy (non-hydrogen) atoms. The monoisotopic (exact) mass is 265 g/mol. The van der Waals surface area contributed by atoms with Gasteiger partial charge in [-0.15, -0.1) is 0 Å². The van der Waals surface area contributed by atoms with E-state index in [1.165, 1.54) is 7.11 Å². The molecule has 1 aliphatic heterocycles. The molecule has 6 heteroatoms. The number of rotatable bonds is 3. The van der Waals surface area contributed by atoms with E-state index in [9.17, 15) is 9.59 Å². The van der Waals surface area contributed by atoms with E-state index in [0.29, 0.717) is 12.2 Å². The highest BCUT2D eigenvalue weighted by Crippen LogP contribution is 2.21. The molecular weight excluding hydrogens is 246 g/mol. The summed E-state index contributed by atoms with van der Waals surface area (Å²) in [4.78, 5) is 29.6. The highest BCUT2D eigenvalue weighted by atomic mass is 16.5. The van der Waals surface area contributed by atoms with Crippen molar-refractivity contribution in [1.82, 2.24) is 14.5 Å². The summed E-state index contributed by atoms with van der Waals surface area (Å²) in [6.07, 6.45) is 6.41. The number of aryl methyl sites for hydroxylation is 1. The quantitative estimate of drug-likeness (QED) is 0.764. The van der Waals surface area contributed by atoms with Gasteiger partial charge in [-0.2, -0.15) is 0 Å². The van der Waals surface area contributed by atoms with E-state index in [2.05, 4.69) is 4.98 Å². The third kappa shape index (κ3) is 3.13. The minimum atomic E-state index is -0.272. The lowest BCUT2D eigenvalue weighted by molar-refractivity contribution is -0.142. The van der Waals surface area contributed by atoms with Gasteiger partial charge in [0.15, 0.2) is 0 Å². The summed E-state index contributed by atoms with van der Waals surface area (Å²) in [6.45, 7) is 0.678. The molecule has 1 aliphatic rings. The van der Waals surface area contributed by atoms with Crippen molar-refractivity contribution in [3.8, 4) is 0 Å². The molecule has 1 aromatic rings. The van der Waals surface area contributed by atoms with Gasteiger partial charge in [0.05, 0.1) is 19.9 Å². The highest BCUT2D eigenvalue weighted by Gasteiger charge is 2.30. The number of esters is 1. The molecule has 6 nitrogen and oxygen atoms in total. The molecule has 1 aromatic heterocycles. The molecule has 0 aliphatic carbocycles. The number of methoxy groups -OCH3 is 1. The number of ether oxygens (including phenoxy) is 1. The minimum Gasteiger partial charge on any atom is -0.469 e. The molecule has 0 saturated carbocycles. The van der Waals surface area contributed by atoms with Gasteiger partial charge in [-0.3, -0.25) is 9.59 Å². The third-order valence-electron chi connectivity index (χ3n) is 3.44. The molecule has 0 radical (unpaired) electrons. The summed E-state index contributed by atoms with van der Waals surface area (Å²) in [5, 5.41) is 0. The van der Waals surface area contributed by atoms with Crippen molar-refractivity contribution in [2.24, 2.45) is 7.05 Å². The number of nitrogens with zero attached hydrogens (tertiary/aromatic N) is 3. The lowest BCUT2D eigenvalue weighted by atomic mass is 9.99. The molecule has 0 spiro atoms. The van der Waals surface area contributed by atoms with E-state index in [4.69, 9.17) is 4.74 Å². The van der Waals surface area contributed by atoms with Crippen LogP contribution >= 0.6 is 0 Å². The van der Waals surface area contributed by atoms with Crippen molar-refractivity contribution in [1.29, 1.82) is 0 Å². The van der Waals surface area contributed by atoms with Gasteiger partial charge in [0.1, 0.15) is 5.69 Å². The van der Waals surface area contributed by atoms with Crippen molar-refractivity contribution in [3.63, 3.8) is 0 Å². The minimum absolute atomic E-state index is 0.0734. The summed E-state index contributed by atoms with van der Waals surface area (Å²) in [5.74, 6) is -0.375. The predicted octanol–water partition coefficient (Wildman–Crippen LogP) is 0.978. The van der Waals surface area contributed by atoms with Crippen LogP contribution in [-0.2, 0) is 16.6 Å². The van der Waals surface area contributed by atoms with E-state index in [-0.39, 0.29) is 24.3 Å². The van der Waals surface area contributed by atoms with Gasteiger partial charge in [0.25, 0.3) is 5.91 Å². The zero-order valence-corrected chi connectivity index (χ0v) is 11.3. The maximum Gasteiger partial charge on any atom is 0.307 e. The van der Waals surface area contributed by atoms with Gasteiger partial charge in [-0.25, -0.2) is 4.98 Å². The summed E-state index contributed by atoms with van der Waals surface area (Å²) in [6, 6.07) is -0.0734. The van der Waals surface area contributed by atoms with E-state index in [1.54, 1.807) is 22.0 Å². The van der Waals surface area contributed by atoms with Crippen molar-refractivity contribution in [2.45, 2.75) is 31.7 Å². The van der Waals surface area contributed by atoms with Crippen LogP contribution in [0, 0.1) is 0 Å². The second-order valence-electron chi connectivity index (χ2n) is 4.85. The van der Waals surface area contributed by atoms with Crippen LogP contribution < -0.4 is 0 Å². The fraction of sp³-hybridized carbons (Fsp3) is 0.615. The van der Waals surface area contributed by atoms with Crippen LogP contribution in [0.1, 0.15) is 36.2 Å². The maximum absolute atomic E-state index is 12.4.